The lowest BCUT2D eigenvalue weighted by molar-refractivity contribution is -0.122. The first-order chi connectivity index (χ1) is 15.4. The summed E-state index contributed by atoms with van der Waals surface area (Å²) in [6, 6.07) is 12.9. The number of ether oxygens (including phenoxy) is 1. The van der Waals surface area contributed by atoms with Gasteiger partial charge in [0.05, 0.1) is 24.3 Å². The number of anilines is 2. The lowest BCUT2D eigenvalue weighted by Gasteiger charge is -2.18. The Labute approximate surface area is 186 Å². The third-order valence-electron chi connectivity index (χ3n) is 5.57. The van der Waals surface area contributed by atoms with E-state index in [2.05, 4.69) is 15.5 Å². The highest BCUT2D eigenvalue weighted by Crippen LogP contribution is 2.33. The van der Waals surface area contributed by atoms with Crippen molar-refractivity contribution in [3.8, 4) is 17.2 Å². The van der Waals surface area contributed by atoms with Crippen molar-refractivity contribution in [3.63, 3.8) is 0 Å². The van der Waals surface area contributed by atoms with E-state index in [-0.39, 0.29) is 24.2 Å². The third kappa shape index (κ3) is 4.21. The van der Waals surface area contributed by atoms with Crippen LogP contribution in [0.15, 0.2) is 47.0 Å². The second-order valence-corrected chi connectivity index (χ2v) is 8.21. The van der Waals surface area contributed by atoms with E-state index in [4.69, 9.17) is 9.26 Å². The molecule has 0 radical (unpaired) electrons. The highest BCUT2D eigenvalue weighted by Gasteiger charge is 2.35. The molecule has 166 valence electrons. The molecule has 0 aliphatic carbocycles. The summed E-state index contributed by atoms with van der Waals surface area (Å²) >= 11 is 0. The molecule has 1 saturated heterocycles. The van der Waals surface area contributed by atoms with Gasteiger partial charge in [0.2, 0.25) is 11.8 Å². The minimum absolute atomic E-state index is 0.0955. The Morgan fingerprint density at radius 3 is 2.75 bits per heavy atom. The van der Waals surface area contributed by atoms with Crippen LogP contribution in [-0.4, -0.2) is 35.6 Å². The fourth-order valence-electron chi connectivity index (χ4n) is 3.73. The number of carbonyl (C=O) groups excluding carboxylic acids is 2. The van der Waals surface area contributed by atoms with Crippen LogP contribution in [0.5, 0.6) is 5.75 Å². The van der Waals surface area contributed by atoms with E-state index in [9.17, 15) is 9.59 Å². The largest absolute Gasteiger partial charge is 0.497 e. The van der Waals surface area contributed by atoms with Gasteiger partial charge >= 0.3 is 0 Å². The topological polar surface area (TPSA) is 97.6 Å². The molecule has 2 heterocycles. The van der Waals surface area contributed by atoms with Gasteiger partial charge in [-0.3, -0.25) is 9.59 Å². The fourth-order valence-corrected chi connectivity index (χ4v) is 3.73. The van der Waals surface area contributed by atoms with Crippen LogP contribution in [0.4, 0.5) is 11.4 Å². The summed E-state index contributed by atoms with van der Waals surface area (Å²) in [7, 11) is 1.58. The van der Waals surface area contributed by atoms with Crippen LogP contribution in [0.25, 0.3) is 11.5 Å². The van der Waals surface area contributed by atoms with E-state index < -0.39 is 5.92 Å². The van der Waals surface area contributed by atoms with E-state index in [1.165, 1.54) is 0 Å². The van der Waals surface area contributed by atoms with Gasteiger partial charge in [-0.25, -0.2) is 0 Å². The van der Waals surface area contributed by atoms with Crippen molar-refractivity contribution in [2.75, 3.05) is 23.9 Å². The van der Waals surface area contributed by atoms with Gasteiger partial charge < -0.3 is 19.5 Å². The molecule has 3 aromatic rings. The molecule has 1 unspecified atom stereocenters. The number of benzene rings is 2. The predicted octanol–water partition coefficient (Wildman–Crippen LogP) is 4.17. The molecule has 1 aromatic heterocycles. The summed E-state index contributed by atoms with van der Waals surface area (Å²) < 4.78 is 10.7. The molecule has 2 amide bonds. The predicted molar refractivity (Wildman–Crippen MR) is 121 cm³/mol. The van der Waals surface area contributed by atoms with Gasteiger partial charge in [-0.15, -0.1) is 0 Å². The summed E-state index contributed by atoms with van der Waals surface area (Å²) in [5.41, 5.74) is 2.86. The first kappa shape index (κ1) is 21.5. The monoisotopic (exact) mass is 434 g/mol. The summed E-state index contributed by atoms with van der Waals surface area (Å²) in [4.78, 5) is 31.9. The number of rotatable bonds is 6. The Morgan fingerprint density at radius 1 is 1.25 bits per heavy atom. The molecule has 1 fully saturated rings. The summed E-state index contributed by atoms with van der Waals surface area (Å²) in [6.07, 6.45) is 0.141. The molecule has 8 heteroatoms. The Hall–Kier alpha value is -3.68. The minimum Gasteiger partial charge on any atom is -0.497 e. The molecule has 4 rings (SSSR count). The number of nitrogens with zero attached hydrogens (tertiary/aromatic N) is 3. The Kier molecular flexibility index (Phi) is 5.94. The van der Waals surface area contributed by atoms with E-state index in [0.29, 0.717) is 40.9 Å². The Morgan fingerprint density at radius 2 is 2.03 bits per heavy atom. The SMILES string of the molecule is COc1cccc(N2CC(C(=O)Nc3c(C)cccc3-c3nc(C(C)C)no3)CC2=O)c1. The lowest BCUT2D eigenvalue weighted by Crippen LogP contribution is -2.28. The van der Waals surface area contributed by atoms with E-state index in [0.717, 1.165) is 5.56 Å². The molecular formula is C24H26N4O4. The normalized spacial score (nSPS) is 16.0. The van der Waals surface area contributed by atoms with Crippen LogP contribution in [0, 0.1) is 12.8 Å². The molecule has 0 bridgehead atoms. The molecule has 1 atom stereocenters. The molecule has 8 nitrogen and oxygen atoms in total. The Bertz CT molecular complexity index is 1150. The van der Waals surface area contributed by atoms with Crippen LogP contribution in [0.2, 0.25) is 0 Å². The van der Waals surface area contributed by atoms with Gasteiger partial charge in [0.1, 0.15) is 5.75 Å². The van der Waals surface area contributed by atoms with Gasteiger partial charge in [0.25, 0.3) is 5.89 Å². The molecule has 1 aliphatic rings. The lowest BCUT2D eigenvalue weighted by atomic mass is 10.0. The van der Waals surface area contributed by atoms with Gasteiger partial charge in [0.15, 0.2) is 5.82 Å². The molecule has 2 aromatic carbocycles. The third-order valence-corrected chi connectivity index (χ3v) is 5.57. The number of hydrogen-bond acceptors (Lipinski definition) is 6. The summed E-state index contributed by atoms with van der Waals surface area (Å²) in [5, 5.41) is 7.03. The molecule has 0 spiro atoms. The number of para-hydroxylation sites is 1. The maximum atomic E-state index is 13.1. The van der Waals surface area contributed by atoms with Crippen molar-refractivity contribution in [2.45, 2.75) is 33.1 Å². The quantitative estimate of drug-likeness (QED) is 0.625. The number of amides is 2. The highest BCUT2D eigenvalue weighted by atomic mass is 16.5. The van der Waals surface area contributed by atoms with Crippen molar-refractivity contribution in [1.82, 2.24) is 10.1 Å². The average Bonchev–Trinajstić information content (AvgIpc) is 3.42. The maximum absolute atomic E-state index is 13.1. The number of methoxy groups -OCH3 is 1. The van der Waals surface area contributed by atoms with E-state index in [1.54, 1.807) is 18.1 Å². The number of aryl methyl sites for hydroxylation is 1. The zero-order chi connectivity index (χ0) is 22.8. The molecule has 1 N–H and O–H groups in total. The van der Waals surface area contributed by atoms with Crippen LogP contribution in [-0.2, 0) is 9.59 Å². The Balaban J connectivity index is 1.55. The zero-order valence-electron chi connectivity index (χ0n) is 18.6. The van der Waals surface area contributed by atoms with Gasteiger partial charge in [-0.05, 0) is 30.7 Å². The van der Waals surface area contributed by atoms with Crippen molar-refractivity contribution in [1.29, 1.82) is 0 Å². The van der Waals surface area contributed by atoms with Crippen molar-refractivity contribution in [2.24, 2.45) is 5.92 Å². The van der Waals surface area contributed by atoms with Crippen LogP contribution >= 0.6 is 0 Å². The van der Waals surface area contributed by atoms with Crippen LogP contribution < -0.4 is 15.0 Å². The van der Waals surface area contributed by atoms with Gasteiger partial charge in [0, 0.05) is 30.6 Å². The van der Waals surface area contributed by atoms with Crippen molar-refractivity contribution >= 4 is 23.2 Å². The average molecular weight is 434 g/mol. The first-order valence-corrected chi connectivity index (χ1v) is 10.6. The summed E-state index contributed by atoms with van der Waals surface area (Å²) in [5.74, 6) is 0.956. The van der Waals surface area contributed by atoms with Crippen LogP contribution in [0.3, 0.4) is 0 Å². The standard InChI is InChI=1S/C24H26N4O4/c1-14(2)22-26-24(32-27-22)19-10-5-7-15(3)21(19)25-23(30)16-11-20(29)28(13-16)17-8-6-9-18(12-17)31-4/h5-10,12,14,16H,11,13H2,1-4H3,(H,25,30). The number of hydrogen-bond donors (Lipinski definition) is 1. The number of aromatic nitrogens is 2. The van der Waals surface area contributed by atoms with Crippen molar-refractivity contribution in [3.05, 3.63) is 53.9 Å². The smallest absolute Gasteiger partial charge is 0.260 e. The highest BCUT2D eigenvalue weighted by molar-refractivity contribution is 6.04. The van der Waals surface area contributed by atoms with Gasteiger partial charge in [-0.2, -0.15) is 4.98 Å². The minimum atomic E-state index is -0.477. The van der Waals surface area contributed by atoms with Gasteiger partial charge in [-0.1, -0.05) is 37.2 Å². The molecule has 0 saturated carbocycles. The maximum Gasteiger partial charge on any atom is 0.260 e. The number of carbonyl (C=O) groups is 2. The van der Waals surface area contributed by atoms with Crippen molar-refractivity contribution < 1.29 is 18.8 Å². The second-order valence-electron chi connectivity index (χ2n) is 8.21. The van der Waals surface area contributed by atoms with E-state index in [1.807, 2.05) is 57.2 Å². The fraction of sp³-hybridized carbons (Fsp3) is 0.333. The molecule has 1 aliphatic heterocycles. The first-order valence-electron chi connectivity index (χ1n) is 10.6. The molecular weight excluding hydrogens is 408 g/mol. The summed E-state index contributed by atoms with van der Waals surface area (Å²) in [6.45, 7) is 6.18. The van der Waals surface area contributed by atoms with Crippen LogP contribution in [0.1, 0.15) is 37.6 Å². The second kappa shape index (κ2) is 8.82. The van der Waals surface area contributed by atoms with E-state index >= 15 is 0 Å². The molecule has 32 heavy (non-hydrogen) atoms. The zero-order valence-corrected chi connectivity index (χ0v) is 18.6. The number of nitrogens with one attached hydrogen (secondary N) is 1.